The smallest absolute Gasteiger partial charge is 0.410 e. The molecule has 0 unspecified atom stereocenters. The van der Waals surface area contributed by atoms with E-state index in [-0.39, 0.29) is 41.1 Å². The summed E-state index contributed by atoms with van der Waals surface area (Å²) in [6, 6.07) is 11.1. The molecule has 0 aromatic heterocycles. The molecule has 2 N–H and O–H groups in total. The summed E-state index contributed by atoms with van der Waals surface area (Å²) >= 11 is 6.33. The van der Waals surface area contributed by atoms with Crippen molar-refractivity contribution in [2.24, 2.45) is 11.8 Å². The number of piperidine rings is 3. The van der Waals surface area contributed by atoms with Gasteiger partial charge in [-0.25, -0.2) is 9.59 Å². The number of anilines is 1. The largest absolute Gasteiger partial charge is 0.506 e. The Morgan fingerprint density at radius 2 is 1.60 bits per heavy atom. The topological polar surface area (TPSA) is 135 Å². The standard InChI is InChI=1S/C43H61ClN6O7/c1-30-27-31(28-36(44)40(30)52)29-38(57-43(55)49-23-14-35(15-24-49)50-25-13-34-7-4-5-8-37(34)45-42(50)54)41(53)48-21-11-33(12-22-48)32-9-18-47(19-10-32)20-16-39(51)56-26-6-17-46(2)3/h4-5,7-8,27-28,32-33,35,38,52H,6,9-26,29H2,1-3H3,(H,45,54)/t38-/m1/s1. The molecule has 4 amide bonds. The van der Waals surface area contributed by atoms with Gasteiger partial charge in [0, 0.05) is 64.0 Å². The second kappa shape index (κ2) is 20.1. The summed E-state index contributed by atoms with van der Waals surface area (Å²) < 4.78 is 11.5. The number of phenolic OH excluding ortho intramolecular Hbond substituents is 1. The molecule has 0 bridgehead atoms. The van der Waals surface area contributed by atoms with Crippen LogP contribution in [0.3, 0.4) is 0 Å². The predicted molar refractivity (Wildman–Crippen MR) is 220 cm³/mol. The zero-order valence-corrected chi connectivity index (χ0v) is 34.7. The summed E-state index contributed by atoms with van der Waals surface area (Å²) in [6.07, 6.45) is 5.71. The number of likely N-dealkylation sites (tertiary alicyclic amines) is 3. The predicted octanol–water partition coefficient (Wildman–Crippen LogP) is 5.79. The third-order valence-electron chi connectivity index (χ3n) is 12.4. The van der Waals surface area contributed by atoms with Crippen molar-refractivity contribution in [2.75, 3.05) is 84.9 Å². The van der Waals surface area contributed by atoms with Gasteiger partial charge in [0.05, 0.1) is 18.1 Å². The number of para-hydroxylation sites is 1. The Morgan fingerprint density at radius 3 is 2.28 bits per heavy atom. The second-order valence-corrected chi connectivity index (χ2v) is 16.9. The molecule has 14 heteroatoms. The summed E-state index contributed by atoms with van der Waals surface area (Å²) in [5.74, 6) is 0.732. The Kier molecular flexibility index (Phi) is 15.0. The van der Waals surface area contributed by atoms with Gasteiger partial charge in [-0.05, 0) is 126 Å². The van der Waals surface area contributed by atoms with Gasteiger partial charge in [-0.3, -0.25) is 9.59 Å². The number of ether oxygens (including phenoxy) is 2. The minimum absolute atomic E-state index is 0.00769. The molecule has 57 heavy (non-hydrogen) atoms. The highest BCUT2D eigenvalue weighted by Crippen LogP contribution is 2.34. The molecular formula is C43H61ClN6O7. The van der Waals surface area contributed by atoms with E-state index in [0.717, 1.165) is 76.0 Å². The molecule has 6 rings (SSSR count). The molecule has 2 aromatic carbocycles. The Labute approximate surface area is 342 Å². The first-order chi connectivity index (χ1) is 27.4. The van der Waals surface area contributed by atoms with Gasteiger partial charge >= 0.3 is 18.1 Å². The van der Waals surface area contributed by atoms with Crippen LogP contribution in [-0.2, 0) is 31.9 Å². The number of halogens is 1. The Morgan fingerprint density at radius 1 is 0.930 bits per heavy atom. The molecule has 3 fully saturated rings. The lowest BCUT2D eigenvalue weighted by atomic mass is 9.78. The van der Waals surface area contributed by atoms with Crippen molar-refractivity contribution in [3.05, 3.63) is 58.1 Å². The highest BCUT2D eigenvalue weighted by molar-refractivity contribution is 6.32. The quantitative estimate of drug-likeness (QED) is 0.191. The lowest BCUT2D eigenvalue weighted by molar-refractivity contribution is -0.144. The maximum absolute atomic E-state index is 14.2. The van der Waals surface area contributed by atoms with Gasteiger partial charge in [-0.15, -0.1) is 0 Å². The summed E-state index contributed by atoms with van der Waals surface area (Å²) in [5, 5.41) is 13.5. The molecule has 0 radical (unpaired) electrons. The first kappa shape index (κ1) is 42.5. The normalized spacial score (nSPS) is 19.5. The van der Waals surface area contributed by atoms with Crippen LogP contribution in [0.2, 0.25) is 5.02 Å². The van der Waals surface area contributed by atoms with Crippen molar-refractivity contribution in [2.45, 2.75) is 83.3 Å². The second-order valence-electron chi connectivity index (χ2n) is 16.5. The third-order valence-corrected chi connectivity index (χ3v) is 12.6. The molecule has 4 aliphatic rings. The van der Waals surface area contributed by atoms with Crippen molar-refractivity contribution >= 4 is 41.3 Å². The van der Waals surface area contributed by atoms with E-state index in [1.807, 2.05) is 48.2 Å². The lowest BCUT2D eigenvalue weighted by Gasteiger charge is -2.41. The Bertz CT molecular complexity index is 1680. The van der Waals surface area contributed by atoms with Gasteiger partial charge in [0.1, 0.15) is 5.75 Å². The van der Waals surface area contributed by atoms with Gasteiger partial charge in [0.15, 0.2) is 6.10 Å². The fourth-order valence-electron chi connectivity index (χ4n) is 8.94. The molecule has 3 saturated heterocycles. The first-order valence-electron chi connectivity index (χ1n) is 20.9. The molecule has 0 aliphatic carbocycles. The number of phenols is 1. The van der Waals surface area contributed by atoms with E-state index in [2.05, 4.69) is 15.1 Å². The molecular weight excluding hydrogens is 748 g/mol. The van der Waals surface area contributed by atoms with Gasteiger partial charge < -0.3 is 44.4 Å². The van der Waals surface area contributed by atoms with Crippen molar-refractivity contribution in [3.63, 3.8) is 0 Å². The fraction of sp³-hybridized carbons (Fsp3) is 0.628. The van der Waals surface area contributed by atoms with Gasteiger partial charge in [-0.2, -0.15) is 0 Å². The number of amides is 4. The van der Waals surface area contributed by atoms with E-state index in [9.17, 15) is 24.3 Å². The number of benzene rings is 2. The molecule has 1 atom stereocenters. The van der Waals surface area contributed by atoms with E-state index >= 15 is 0 Å². The van der Waals surface area contributed by atoms with E-state index in [4.69, 9.17) is 21.1 Å². The van der Waals surface area contributed by atoms with Gasteiger partial charge in [0.2, 0.25) is 0 Å². The van der Waals surface area contributed by atoms with E-state index in [0.29, 0.717) is 81.6 Å². The first-order valence-corrected chi connectivity index (χ1v) is 21.2. The van der Waals surface area contributed by atoms with Crippen molar-refractivity contribution in [1.82, 2.24) is 24.5 Å². The number of aromatic hydroxyl groups is 1. The van der Waals surface area contributed by atoms with Crippen molar-refractivity contribution in [1.29, 1.82) is 0 Å². The highest BCUT2D eigenvalue weighted by Gasteiger charge is 2.37. The Balaban J connectivity index is 0.992. The molecule has 0 spiro atoms. The summed E-state index contributed by atoms with van der Waals surface area (Å²) in [6.45, 7) is 8.38. The van der Waals surface area contributed by atoms with Crippen LogP contribution < -0.4 is 5.32 Å². The van der Waals surface area contributed by atoms with Crippen molar-refractivity contribution in [3.8, 4) is 5.75 Å². The fourth-order valence-corrected chi connectivity index (χ4v) is 9.23. The van der Waals surface area contributed by atoms with Crippen LogP contribution in [0, 0.1) is 18.8 Å². The highest BCUT2D eigenvalue weighted by atomic mass is 35.5. The average molecular weight is 809 g/mol. The zero-order valence-electron chi connectivity index (χ0n) is 33.9. The monoisotopic (exact) mass is 808 g/mol. The minimum atomic E-state index is -1.05. The number of aryl methyl sites for hydroxylation is 1. The number of fused-ring (bicyclic) bond motifs is 1. The van der Waals surface area contributed by atoms with Crippen LogP contribution >= 0.6 is 11.6 Å². The van der Waals surface area contributed by atoms with Crippen molar-refractivity contribution < 1.29 is 33.8 Å². The minimum Gasteiger partial charge on any atom is -0.506 e. The number of nitrogens with zero attached hydrogens (tertiary/aromatic N) is 5. The zero-order chi connectivity index (χ0) is 40.5. The van der Waals surface area contributed by atoms with Crippen LogP contribution in [0.5, 0.6) is 5.75 Å². The number of carbonyl (C=O) groups excluding carboxylic acids is 4. The number of hydrogen-bond donors (Lipinski definition) is 2. The van der Waals surface area contributed by atoms with E-state index in [1.54, 1.807) is 24.0 Å². The van der Waals surface area contributed by atoms with E-state index < -0.39 is 12.2 Å². The van der Waals surface area contributed by atoms with Crippen LogP contribution in [0.1, 0.15) is 68.1 Å². The summed E-state index contributed by atoms with van der Waals surface area (Å²) in [7, 11) is 4.02. The summed E-state index contributed by atoms with van der Waals surface area (Å²) in [5.41, 5.74) is 3.24. The molecule has 4 aliphatic heterocycles. The van der Waals surface area contributed by atoms with Crippen LogP contribution in [-0.4, -0.2) is 145 Å². The SMILES string of the molecule is Cc1cc(C[C@@H](OC(=O)N2CCC(N3CCc4ccccc4NC3=O)CC2)C(=O)N2CCC(C3CCN(CCC(=O)OCCCN(C)C)CC3)CC2)cc(Cl)c1O. The third kappa shape index (κ3) is 11.5. The maximum Gasteiger partial charge on any atom is 0.410 e. The molecule has 4 heterocycles. The average Bonchev–Trinajstić information content (AvgIpc) is 3.38. The Hall–Kier alpha value is -4.07. The van der Waals surface area contributed by atoms with Gasteiger partial charge in [0.25, 0.3) is 5.91 Å². The number of rotatable bonds is 13. The van der Waals surface area contributed by atoms with Gasteiger partial charge in [-0.1, -0.05) is 35.9 Å². The number of urea groups is 1. The van der Waals surface area contributed by atoms with E-state index in [1.165, 1.54) is 0 Å². The number of nitrogens with one attached hydrogen (secondary N) is 1. The maximum atomic E-state index is 14.2. The van der Waals surface area contributed by atoms with Crippen LogP contribution in [0.25, 0.3) is 0 Å². The molecule has 312 valence electrons. The lowest BCUT2D eigenvalue weighted by Crippen LogP contribution is -2.52. The summed E-state index contributed by atoms with van der Waals surface area (Å²) in [4.78, 5) is 63.1. The molecule has 0 saturated carbocycles. The molecule has 13 nitrogen and oxygen atoms in total. The van der Waals surface area contributed by atoms with Crippen LogP contribution in [0.15, 0.2) is 36.4 Å². The number of hydrogen-bond acceptors (Lipinski definition) is 9. The van der Waals surface area contributed by atoms with Crippen LogP contribution in [0.4, 0.5) is 15.3 Å². The number of esters is 1. The number of carbonyl (C=O) groups is 4. The molecule has 2 aromatic rings.